The van der Waals surface area contributed by atoms with Gasteiger partial charge in [-0.3, -0.25) is 4.79 Å². The van der Waals surface area contributed by atoms with Crippen molar-refractivity contribution in [2.45, 2.75) is 32.6 Å². The second kappa shape index (κ2) is 12.0. The van der Waals surface area contributed by atoms with Gasteiger partial charge in [0, 0.05) is 11.6 Å². The van der Waals surface area contributed by atoms with Gasteiger partial charge in [0.2, 0.25) is 0 Å². The number of benzene rings is 3. The average molecular weight is 455 g/mol. The van der Waals surface area contributed by atoms with E-state index in [0.29, 0.717) is 36.5 Å². The number of aryl methyl sites for hydroxylation is 1. The monoisotopic (exact) mass is 454 g/mol. The van der Waals surface area contributed by atoms with E-state index in [1.54, 1.807) is 31.2 Å². The van der Waals surface area contributed by atoms with Crippen LogP contribution in [0.4, 0.5) is 8.78 Å². The third kappa shape index (κ3) is 7.59. The van der Waals surface area contributed by atoms with Crippen LogP contribution in [0.1, 0.15) is 31.7 Å². The number of aliphatic carboxylic acids is 1. The van der Waals surface area contributed by atoms with E-state index in [0.717, 1.165) is 36.6 Å². The first-order valence-corrected chi connectivity index (χ1v) is 11.0. The molecule has 0 aromatic heterocycles. The molecule has 0 saturated heterocycles. The van der Waals surface area contributed by atoms with Crippen LogP contribution < -0.4 is 9.47 Å². The van der Waals surface area contributed by atoms with E-state index in [9.17, 15) is 13.6 Å². The molecule has 3 rings (SSSR count). The van der Waals surface area contributed by atoms with Crippen molar-refractivity contribution in [3.63, 3.8) is 0 Å². The molecule has 1 atom stereocenters. The molecule has 0 radical (unpaired) electrons. The minimum Gasteiger partial charge on any atom is -0.494 e. The van der Waals surface area contributed by atoms with Gasteiger partial charge in [-0.15, -0.1) is 0 Å². The normalized spacial score (nSPS) is 11.7. The summed E-state index contributed by atoms with van der Waals surface area (Å²) >= 11 is 0. The summed E-state index contributed by atoms with van der Waals surface area (Å²) < 4.78 is 38.4. The summed E-state index contributed by atoms with van der Waals surface area (Å²) in [5.41, 5.74) is 2.11. The van der Waals surface area contributed by atoms with E-state index in [1.165, 1.54) is 12.1 Å². The van der Waals surface area contributed by atoms with Gasteiger partial charge in [-0.1, -0.05) is 31.2 Å². The first-order chi connectivity index (χ1) is 15.9. The molecular formula is C27H28F2O4. The molecular weight excluding hydrogens is 426 g/mol. The van der Waals surface area contributed by atoms with Crippen molar-refractivity contribution in [2.24, 2.45) is 5.92 Å². The minimum atomic E-state index is -0.767. The largest absolute Gasteiger partial charge is 0.494 e. The number of halogens is 2. The summed E-state index contributed by atoms with van der Waals surface area (Å²) in [5.74, 6) is -0.828. The van der Waals surface area contributed by atoms with Crippen molar-refractivity contribution in [3.8, 4) is 22.6 Å². The molecule has 0 bridgehead atoms. The molecule has 0 fully saturated rings. The molecule has 0 saturated carbocycles. The van der Waals surface area contributed by atoms with E-state index in [2.05, 4.69) is 0 Å². The third-order valence-corrected chi connectivity index (χ3v) is 5.38. The van der Waals surface area contributed by atoms with E-state index in [1.807, 2.05) is 24.3 Å². The summed E-state index contributed by atoms with van der Waals surface area (Å²) in [6, 6.07) is 18.3. The Morgan fingerprint density at radius 3 is 2.00 bits per heavy atom. The van der Waals surface area contributed by atoms with Gasteiger partial charge in [0.05, 0.1) is 19.1 Å². The lowest BCUT2D eigenvalue weighted by Gasteiger charge is -2.10. The van der Waals surface area contributed by atoms with E-state index >= 15 is 0 Å². The highest BCUT2D eigenvalue weighted by Gasteiger charge is 2.10. The summed E-state index contributed by atoms with van der Waals surface area (Å²) in [6.07, 6.45) is 2.99. The molecule has 1 N–H and O–H groups in total. The van der Waals surface area contributed by atoms with Crippen LogP contribution in [-0.2, 0) is 11.2 Å². The molecule has 6 heteroatoms. The molecule has 174 valence electrons. The third-order valence-electron chi connectivity index (χ3n) is 5.38. The van der Waals surface area contributed by atoms with Crippen molar-refractivity contribution in [2.75, 3.05) is 13.2 Å². The lowest BCUT2D eigenvalue weighted by molar-refractivity contribution is -0.141. The summed E-state index contributed by atoms with van der Waals surface area (Å²) in [7, 11) is 0. The second-order valence-electron chi connectivity index (χ2n) is 7.97. The average Bonchev–Trinajstić information content (AvgIpc) is 2.81. The Kier molecular flexibility index (Phi) is 8.81. The minimum absolute atomic E-state index is 0.348. The summed E-state index contributed by atoms with van der Waals surface area (Å²) in [6.45, 7) is 2.82. The Morgan fingerprint density at radius 2 is 1.45 bits per heavy atom. The van der Waals surface area contributed by atoms with Gasteiger partial charge in [-0.25, -0.2) is 8.78 Å². The van der Waals surface area contributed by atoms with Crippen LogP contribution in [0.2, 0.25) is 0 Å². The number of hydrogen-bond donors (Lipinski definition) is 1. The van der Waals surface area contributed by atoms with Crippen molar-refractivity contribution < 1.29 is 28.2 Å². The number of ether oxygens (including phenoxy) is 2. The Labute approximate surface area is 192 Å². The standard InChI is InChI=1S/C27H28F2O4/c1-19(27(30)31)4-5-20-6-11-23(12-7-20)32-16-2-3-17-33-24-13-8-21(9-14-24)25-15-10-22(28)18-26(25)29/h6-15,18-19H,2-5,16-17H2,1H3,(H,30,31)/t19-/m1/s1. The molecule has 0 heterocycles. The smallest absolute Gasteiger partial charge is 0.306 e. The lowest BCUT2D eigenvalue weighted by Crippen LogP contribution is -2.10. The fourth-order valence-electron chi connectivity index (χ4n) is 3.30. The fraction of sp³-hybridized carbons (Fsp3) is 0.296. The summed E-state index contributed by atoms with van der Waals surface area (Å²) in [5, 5.41) is 8.95. The van der Waals surface area contributed by atoms with Gasteiger partial charge >= 0.3 is 5.97 Å². The maximum atomic E-state index is 13.9. The molecule has 0 spiro atoms. The molecule has 3 aromatic rings. The van der Waals surface area contributed by atoms with Crippen LogP contribution in [0.15, 0.2) is 66.7 Å². The number of carbonyl (C=O) groups is 1. The lowest BCUT2D eigenvalue weighted by atomic mass is 10.0. The van der Waals surface area contributed by atoms with Gasteiger partial charge < -0.3 is 14.6 Å². The highest BCUT2D eigenvalue weighted by Crippen LogP contribution is 2.25. The van der Waals surface area contributed by atoms with Crippen molar-refractivity contribution >= 4 is 5.97 Å². The van der Waals surface area contributed by atoms with Gasteiger partial charge in [0.25, 0.3) is 0 Å². The quantitative estimate of drug-likeness (QED) is 0.317. The zero-order chi connectivity index (χ0) is 23.6. The number of unbranched alkanes of at least 4 members (excludes halogenated alkanes) is 1. The predicted molar refractivity (Wildman–Crippen MR) is 124 cm³/mol. The van der Waals surface area contributed by atoms with Crippen LogP contribution in [-0.4, -0.2) is 24.3 Å². The Hall–Kier alpha value is -3.41. The van der Waals surface area contributed by atoms with Crippen LogP contribution in [0, 0.1) is 17.6 Å². The first-order valence-electron chi connectivity index (χ1n) is 11.0. The van der Waals surface area contributed by atoms with Crippen LogP contribution in [0.25, 0.3) is 11.1 Å². The Morgan fingerprint density at radius 1 is 0.879 bits per heavy atom. The molecule has 4 nitrogen and oxygen atoms in total. The van der Waals surface area contributed by atoms with Gasteiger partial charge in [-0.2, -0.15) is 0 Å². The molecule has 3 aromatic carbocycles. The predicted octanol–water partition coefficient (Wildman–Crippen LogP) is 6.52. The summed E-state index contributed by atoms with van der Waals surface area (Å²) in [4.78, 5) is 10.9. The molecule has 0 aliphatic carbocycles. The number of hydrogen-bond acceptors (Lipinski definition) is 3. The van der Waals surface area contributed by atoms with E-state index in [4.69, 9.17) is 14.6 Å². The van der Waals surface area contributed by atoms with Gasteiger partial charge in [0.1, 0.15) is 23.1 Å². The molecule has 0 aliphatic heterocycles. The zero-order valence-electron chi connectivity index (χ0n) is 18.6. The maximum Gasteiger partial charge on any atom is 0.306 e. The Bertz CT molecular complexity index is 1030. The van der Waals surface area contributed by atoms with Crippen LogP contribution in [0.3, 0.4) is 0 Å². The SMILES string of the molecule is C[C@H](CCc1ccc(OCCCCOc2ccc(-c3ccc(F)cc3F)cc2)cc1)C(=O)O. The molecule has 33 heavy (non-hydrogen) atoms. The van der Waals surface area contributed by atoms with Gasteiger partial charge in [0.15, 0.2) is 0 Å². The van der Waals surface area contributed by atoms with Crippen molar-refractivity contribution in [1.82, 2.24) is 0 Å². The van der Waals surface area contributed by atoms with Gasteiger partial charge in [-0.05, 0) is 73.2 Å². The molecule has 0 amide bonds. The highest BCUT2D eigenvalue weighted by molar-refractivity contribution is 5.69. The maximum absolute atomic E-state index is 13.9. The highest BCUT2D eigenvalue weighted by atomic mass is 19.1. The molecule has 0 aliphatic rings. The number of rotatable bonds is 12. The van der Waals surface area contributed by atoms with E-state index in [-0.39, 0.29) is 5.92 Å². The topological polar surface area (TPSA) is 55.8 Å². The van der Waals surface area contributed by atoms with Crippen molar-refractivity contribution in [3.05, 3.63) is 83.9 Å². The van der Waals surface area contributed by atoms with Crippen LogP contribution in [0.5, 0.6) is 11.5 Å². The number of carboxylic acid groups (broad SMARTS) is 1. The van der Waals surface area contributed by atoms with Crippen LogP contribution >= 0.6 is 0 Å². The first kappa shape index (κ1) is 24.2. The van der Waals surface area contributed by atoms with Crippen molar-refractivity contribution in [1.29, 1.82) is 0 Å². The van der Waals surface area contributed by atoms with E-state index < -0.39 is 17.6 Å². The number of carboxylic acids is 1. The fourth-order valence-corrected chi connectivity index (χ4v) is 3.30. The second-order valence-corrected chi connectivity index (χ2v) is 7.97. The molecule has 0 unspecified atom stereocenters. The Balaban J connectivity index is 1.33. The zero-order valence-corrected chi connectivity index (χ0v) is 18.6.